The lowest BCUT2D eigenvalue weighted by Gasteiger charge is -2.38. The lowest BCUT2D eigenvalue weighted by Crippen LogP contribution is -2.51. The van der Waals surface area contributed by atoms with Gasteiger partial charge in [0.05, 0.1) is 0 Å². The summed E-state index contributed by atoms with van der Waals surface area (Å²) in [5.74, 6) is 0. The minimum absolute atomic E-state index is 0.808. The third-order valence-corrected chi connectivity index (χ3v) is 3.12. The normalized spacial score (nSPS) is 15.5. The molecule has 1 aliphatic rings. The van der Waals surface area contributed by atoms with Crippen molar-refractivity contribution < 1.29 is 0 Å². The predicted molar refractivity (Wildman–Crippen MR) is 66.9 cm³/mol. The number of nitrogens with zero attached hydrogens (tertiary/aromatic N) is 2. The second-order valence-electron chi connectivity index (χ2n) is 3.47. The number of para-hydroxylation sites is 1. The summed E-state index contributed by atoms with van der Waals surface area (Å²) in [7, 11) is 1.90. The van der Waals surface area contributed by atoms with Crippen molar-refractivity contribution in [3.8, 4) is 0 Å². The van der Waals surface area contributed by atoms with Crippen LogP contribution in [0.2, 0.25) is 0 Å². The third kappa shape index (κ3) is 1.70. The van der Waals surface area contributed by atoms with Crippen molar-refractivity contribution in [1.29, 1.82) is 0 Å². The quantitative estimate of drug-likeness (QED) is 0.764. The largest absolute Gasteiger partial charge is 0.352 e. The molecule has 0 bridgehead atoms. The summed E-state index contributed by atoms with van der Waals surface area (Å²) in [6, 6.07) is 8.28. The molecule has 0 radical (unpaired) electrons. The molecule has 1 aromatic carbocycles. The zero-order chi connectivity index (χ0) is 10.8. The van der Waals surface area contributed by atoms with Gasteiger partial charge in [-0.25, -0.2) is 5.43 Å². The summed E-state index contributed by atoms with van der Waals surface area (Å²) in [6.07, 6.45) is 0. The van der Waals surface area contributed by atoms with E-state index in [0.717, 1.165) is 23.8 Å². The molecule has 0 saturated carbocycles. The number of hydrogen-bond acceptors (Lipinski definition) is 3. The molecule has 0 aliphatic carbocycles. The minimum atomic E-state index is 0.808. The van der Waals surface area contributed by atoms with Crippen LogP contribution in [0.15, 0.2) is 24.3 Å². The van der Waals surface area contributed by atoms with E-state index in [-0.39, 0.29) is 0 Å². The van der Waals surface area contributed by atoms with E-state index in [1.165, 1.54) is 5.69 Å². The van der Waals surface area contributed by atoms with Crippen molar-refractivity contribution in [2.75, 3.05) is 25.2 Å². The summed E-state index contributed by atoms with van der Waals surface area (Å²) < 4.78 is 0. The molecule has 0 spiro atoms. The van der Waals surface area contributed by atoms with Gasteiger partial charge in [0.15, 0.2) is 0 Å². The first-order valence-corrected chi connectivity index (χ1v) is 5.52. The van der Waals surface area contributed by atoms with E-state index < -0.39 is 0 Å². The molecule has 3 nitrogen and oxygen atoms in total. The monoisotopic (exact) mass is 221 g/mol. The van der Waals surface area contributed by atoms with Gasteiger partial charge in [0.25, 0.3) is 0 Å². The molecule has 0 unspecified atom stereocenters. The molecule has 1 aliphatic heterocycles. The topological polar surface area (TPSA) is 18.5 Å². The van der Waals surface area contributed by atoms with Gasteiger partial charge >= 0.3 is 0 Å². The molecule has 0 fully saturated rings. The van der Waals surface area contributed by atoms with Gasteiger partial charge < -0.3 is 4.90 Å². The molecule has 4 heteroatoms. The SMILES string of the molecule is CCN1CN(NC)C(=S)c2ccccc21. The first-order valence-electron chi connectivity index (χ1n) is 5.11. The number of hydrogen-bond donors (Lipinski definition) is 1. The summed E-state index contributed by atoms with van der Waals surface area (Å²) in [4.78, 5) is 3.17. The highest BCUT2D eigenvalue weighted by Gasteiger charge is 2.23. The van der Waals surface area contributed by atoms with E-state index in [2.05, 4.69) is 35.4 Å². The highest BCUT2D eigenvalue weighted by Crippen LogP contribution is 2.26. The molecule has 0 aromatic heterocycles. The first-order chi connectivity index (χ1) is 7.27. The van der Waals surface area contributed by atoms with Crippen molar-refractivity contribution in [3.63, 3.8) is 0 Å². The maximum absolute atomic E-state index is 5.42. The number of nitrogens with one attached hydrogen (secondary N) is 1. The zero-order valence-electron chi connectivity index (χ0n) is 9.03. The van der Waals surface area contributed by atoms with Gasteiger partial charge in [0, 0.05) is 24.8 Å². The van der Waals surface area contributed by atoms with Crippen LogP contribution in [0.4, 0.5) is 5.69 Å². The standard InChI is InChI=1S/C11H15N3S/c1-3-13-8-14(12-2)11(15)9-6-4-5-7-10(9)13/h4-7,12H,3,8H2,1-2H3. The van der Waals surface area contributed by atoms with E-state index >= 15 is 0 Å². The van der Waals surface area contributed by atoms with Crippen molar-refractivity contribution in [2.45, 2.75) is 6.92 Å². The highest BCUT2D eigenvalue weighted by molar-refractivity contribution is 7.80. The summed E-state index contributed by atoms with van der Waals surface area (Å²) in [6.45, 7) is 3.94. The summed E-state index contributed by atoms with van der Waals surface area (Å²) >= 11 is 5.42. The van der Waals surface area contributed by atoms with Gasteiger partial charge in [0.2, 0.25) is 0 Å². The Morgan fingerprint density at radius 3 is 2.80 bits per heavy atom. The maximum Gasteiger partial charge on any atom is 0.127 e. The molecule has 0 saturated heterocycles. The molecule has 2 rings (SSSR count). The lowest BCUT2D eigenvalue weighted by molar-refractivity contribution is 0.337. The zero-order valence-corrected chi connectivity index (χ0v) is 9.84. The van der Waals surface area contributed by atoms with Gasteiger partial charge in [-0.05, 0) is 19.1 Å². The molecule has 15 heavy (non-hydrogen) atoms. The van der Waals surface area contributed by atoms with Crippen LogP contribution in [-0.4, -0.2) is 30.3 Å². The second kappa shape index (κ2) is 4.16. The van der Waals surface area contributed by atoms with Crippen LogP contribution in [0, 0.1) is 0 Å². The minimum Gasteiger partial charge on any atom is -0.352 e. The molecule has 1 heterocycles. The molecular formula is C11H15N3S. The number of rotatable bonds is 2. The van der Waals surface area contributed by atoms with E-state index in [1.807, 2.05) is 18.1 Å². The van der Waals surface area contributed by atoms with Crippen LogP contribution in [0.5, 0.6) is 0 Å². The van der Waals surface area contributed by atoms with E-state index in [1.54, 1.807) is 0 Å². The fraction of sp³-hybridized carbons (Fsp3) is 0.364. The molecule has 0 atom stereocenters. The van der Waals surface area contributed by atoms with Gasteiger partial charge in [-0.1, -0.05) is 24.4 Å². The Kier molecular flexibility index (Phi) is 2.88. The van der Waals surface area contributed by atoms with Gasteiger partial charge in [0.1, 0.15) is 11.7 Å². The van der Waals surface area contributed by atoms with Crippen LogP contribution < -0.4 is 10.3 Å². The molecular weight excluding hydrogens is 206 g/mol. The Labute approximate surface area is 95.6 Å². The van der Waals surface area contributed by atoms with Crippen LogP contribution in [-0.2, 0) is 0 Å². The number of fused-ring (bicyclic) bond motifs is 1. The number of anilines is 1. The highest BCUT2D eigenvalue weighted by atomic mass is 32.1. The third-order valence-electron chi connectivity index (χ3n) is 2.68. The Morgan fingerprint density at radius 1 is 1.40 bits per heavy atom. The van der Waals surface area contributed by atoms with Crippen LogP contribution in [0.3, 0.4) is 0 Å². The smallest absolute Gasteiger partial charge is 0.127 e. The van der Waals surface area contributed by atoms with Gasteiger partial charge in [-0.15, -0.1) is 0 Å². The van der Waals surface area contributed by atoms with E-state index in [0.29, 0.717) is 0 Å². The van der Waals surface area contributed by atoms with Crippen LogP contribution in [0.25, 0.3) is 0 Å². The number of hydrazine groups is 1. The van der Waals surface area contributed by atoms with Crippen molar-refractivity contribution in [1.82, 2.24) is 10.4 Å². The average molecular weight is 221 g/mol. The summed E-state index contributed by atoms with van der Waals surface area (Å²) in [5.41, 5.74) is 5.48. The predicted octanol–water partition coefficient (Wildman–Crippen LogP) is 1.60. The average Bonchev–Trinajstić information content (AvgIpc) is 2.30. The van der Waals surface area contributed by atoms with Gasteiger partial charge in [-0.3, -0.25) is 5.01 Å². The molecule has 1 N–H and O–H groups in total. The Bertz CT molecular complexity index is 378. The molecule has 80 valence electrons. The summed E-state index contributed by atoms with van der Waals surface area (Å²) in [5, 5.41) is 1.99. The van der Waals surface area contributed by atoms with E-state index in [4.69, 9.17) is 12.2 Å². The Morgan fingerprint density at radius 2 is 2.13 bits per heavy atom. The molecule has 1 aromatic rings. The van der Waals surface area contributed by atoms with Crippen molar-refractivity contribution >= 4 is 22.9 Å². The van der Waals surface area contributed by atoms with Crippen LogP contribution in [0.1, 0.15) is 12.5 Å². The number of thiocarbonyl (C=S) groups is 1. The van der Waals surface area contributed by atoms with Crippen LogP contribution >= 0.6 is 12.2 Å². The van der Waals surface area contributed by atoms with Crippen molar-refractivity contribution in [2.24, 2.45) is 0 Å². The fourth-order valence-electron chi connectivity index (χ4n) is 1.83. The maximum atomic E-state index is 5.42. The Balaban J connectivity index is 2.44. The lowest BCUT2D eigenvalue weighted by atomic mass is 10.1. The first kappa shape index (κ1) is 10.4. The second-order valence-corrected chi connectivity index (χ2v) is 3.86. The van der Waals surface area contributed by atoms with Crippen molar-refractivity contribution in [3.05, 3.63) is 29.8 Å². The van der Waals surface area contributed by atoms with Gasteiger partial charge in [-0.2, -0.15) is 0 Å². The molecule has 0 amide bonds. The number of benzene rings is 1. The Hall–Kier alpha value is -1.13. The van der Waals surface area contributed by atoms with E-state index in [9.17, 15) is 0 Å². The fourth-order valence-corrected chi connectivity index (χ4v) is 2.15.